The van der Waals surface area contributed by atoms with Gasteiger partial charge in [-0.25, -0.2) is 0 Å². The first kappa shape index (κ1) is 11.5. The van der Waals surface area contributed by atoms with Gasteiger partial charge in [0.1, 0.15) is 6.04 Å². The molecule has 0 amide bonds. The molecule has 1 saturated heterocycles. The van der Waals surface area contributed by atoms with E-state index in [0.29, 0.717) is 6.42 Å². The van der Waals surface area contributed by atoms with E-state index in [1.807, 2.05) is 0 Å². The van der Waals surface area contributed by atoms with Crippen LogP contribution in [-0.2, 0) is 4.79 Å². The van der Waals surface area contributed by atoms with E-state index in [1.165, 1.54) is 12.8 Å². The number of aliphatic carboxylic acids is 1. The third-order valence-electron chi connectivity index (χ3n) is 2.90. The maximum atomic E-state index is 10.4. The van der Waals surface area contributed by atoms with E-state index < -0.39 is 12.0 Å². The maximum absolute atomic E-state index is 10.4. The van der Waals surface area contributed by atoms with Crippen molar-refractivity contribution in [3.8, 4) is 0 Å². The van der Waals surface area contributed by atoms with Crippen molar-refractivity contribution in [3.05, 3.63) is 0 Å². The van der Waals surface area contributed by atoms with Crippen LogP contribution in [0.25, 0.3) is 0 Å². The number of carbonyl (C=O) groups is 1. The molecule has 0 unspecified atom stereocenters. The van der Waals surface area contributed by atoms with Gasteiger partial charge in [-0.1, -0.05) is 12.8 Å². The lowest BCUT2D eigenvalue weighted by atomic mass is 9.92. The molecule has 4 heteroatoms. The molecule has 0 saturated carbocycles. The third-order valence-corrected chi connectivity index (χ3v) is 2.90. The Hall–Kier alpha value is -0.610. The quantitative estimate of drug-likeness (QED) is 0.606. The highest BCUT2D eigenvalue weighted by atomic mass is 16.4. The Kier molecular flexibility index (Phi) is 4.90. The topological polar surface area (TPSA) is 75.3 Å². The molecule has 1 fully saturated rings. The fourth-order valence-corrected chi connectivity index (χ4v) is 1.92. The molecule has 14 heavy (non-hydrogen) atoms. The second kappa shape index (κ2) is 5.98. The molecular weight excluding hydrogens is 180 g/mol. The Labute approximate surface area is 84.9 Å². The molecule has 1 atom stereocenters. The van der Waals surface area contributed by atoms with Crippen LogP contribution in [0.5, 0.6) is 0 Å². The molecule has 82 valence electrons. The minimum absolute atomic E-state index is 0.610. The van der Waals surface area contributed by atoms with Gasteiger partial charge in [-0.15, -0.1) is 0 Å². The molecule has 0 radical (unpaired) electrons. The van der Waals surface area contributed by atoms with E-state index in [2.05, 4.69) is 5.32 Å². The van der Waals surface area contributed by atoms with Crippen LogP contribution < -0.4 is 11.1 Å². The lowest BCUT2D eigenvalue weighted by Gasteiger charge is -2.22. The number of hydrogen-bond donors (Lipinski definition) is 3. The summed E-state index contributed by atoms with van der Waals surface area (Å²) in [7, 11) is 0. The Balaban J connectivity index is 2.05. The van der Waals surface area contributed by atoms with E-state index >= 15 is 0 Å². The van der Waals surface area contributed by atoms with Crippen LogP contribution >= 0.6 is 0 Å². The first-order chi connectivity index (χ1) is 6.70. The van der Waals surface area contributed by atoms with Crippen molar-refractivity contribution in [2.24, 2.45) is 11.7 Å². The van der Waals surface area contributed by atoms with Crippen LogP contribution in [0.15, 0.2) is 0 Å². The van der Waals surface area contributed by atoms with Crippen molar-refractivity contribution < 1.29 is 9.90 Å². The molecular formula is C10H20N2O2. The fraction of sp³-hybridized carbons (Fsp3) is 0.900. The molecule has 0 aromatic heterocycles. The highest BCUT2D eigenvalue weighted by Gasteiger charge is 2.15. The molecule has 0 bridgehead atoms. The van der Waals surface area contributed by atoms with Crippen LogP contribution in [0.1, 0.15) is 32.1 Å². The molecule has 4 nitrogen and oxygen atoms in total. The monoisotopic (exact) mass is 200 g/mol. The Morgan fingerprint density at radius 1 is 1.50 bits per heavy atom. The summed E-state index contributed by atoms with van der Waals surface area (Å²) in [5.41, 5.74) is 5.42. The van der Waals surface area contributed by atoms with Crippen molar-refractivity contribution in [2.45, 2.75) is 38.1 Å². The molecule has 4 N–H and O–H groups in total. The maximum Gasteiger partial charge on any atom is 0.320 e. The fourth-order valence-electron chi connectivity index (χ4n) is 1.92. The zero-order valence-corrected chi connectivity index (χ0v) is 8.54. The predicted octanol–water partition coefficient (Wildman–Crippen LogP) is 0.568. The molecule has 0 aromatic rings. The van der Waals surface area contributed by atoms with Gasteiger partial charge in [-0.05, 0) is 38.3 Å². The second-order valence-corrected chi connectivity index (χ2v) is 4.07. The van der Waals surface area contributed by atoms with Crippen LogP contribution in [0.2, 0.25) is 0 Å². The number of carboxylic acids is 1. The first-order valence-electron chi connectivity index (χ1n) is 5.39. The van der Waals surface area contributed by atoms with Gasteiger partial charge in [0.25, 0.3) is 0 Å². The van der Waals surface area contributed by atoms with Crippen LogP contribution in [-0.4, -0.2) is 30.2 Å². The number of piperidine rings is 1. The van der Waals surface area contributed by atoms with Crippen LogP contribution in [0.3, 0.4) is 0 Å². The summed E-state index contributed by atoms with van der Waals surface area (Å²) in [6.45, 7) is 2.21. The van der Waals surface area contributed by atoms with E-state index in [-0.39, 0.29) is 0 Å². The summed E-state index contributed by atoms with van der Waals surface area (Å²) in [5, 5.41) is 11.9. The number of hydrogen-bond acceptors (Lipinski definition) is 3. The molecule has 0 aliphatic carbocycles. The van der Waals surface area contributed by atoms with Crippen LogP contribution in [0, 0.1) is 5.92 Å². The van der Waals surface area contributed by atoms with E-state index in [0.717, 1.165) is 31.8 Å². The van der Waals surface area contributed by atoms with Crippen molar-refractivity contribution in [1.29, 1.82) is 0 Å². The zero-order chi connectivity index (χ0) is 10.4. The van der Waals surface area contributed by atoms with Gasteiger partial charge in [-0.3, -0.25) is 4.79 Å². The first-order valence-corrected chi connectivity index (χ1v) is 5.39. The van der Waals surface area contributed by atoms with Crippen molar-refractivity contribution in [3.63, 3.8) is 0 Å². The highest BCUT2D eigenvalue weighted by molar-refractivity contribution is 5.72. The number of nitrogens with two attached hydrogens (primary N) is 1. The second-order valence-electron chi connectivity index (χ2n) is 4.07. The van der Waals surface area contributed by atoms with E-state index in [1.54, 1.807) is 0 Å². The van der Waals surface area contributed by atoms with Crippen molar-refractivity contribution >= 4 is 5.97 Å². The summed E-state index contributed by atoms with van der Waals surface area (Å²) < 4.78 is 0. The normalized spacial score (nSPS) is 20.6. The van der Waals surface area contributed by atoms with Gasteiger partial charge in [-0.2, -0.15) is 0 Å². The molecule has 1 heterocycles. The van der Waals surface area contributed by atoms with E-state index in [4.69, 9.17) is 10.8 Å². The van der Waals surface area contributed by atoms with Gasteiger partial charge in [0, 0.05) is 0 Å². The highest BCUT2D eigenvalue weighted by Crippen LogP contribution is 2.18. The SMILES string of the molecule is N[C@H](CCCC1CCNCC1)C(=O)O. The van der Waals surface area contributed by atoms with Crippen LogP contribution in [0.4, 0.5) is 0 Å². The third kappa shape index (κ3) is 4.07. The Bertz CT molecular complexity index is 179. The summed E-state index contributed by atoms with van der Waals surface area (Å²) in [5.74, 6) is -0.104. The number of nitrogens with one attached hydrogen (secondary N) is 1. The van der Waals surface area contributed by atoms with Gasteiger partial charge >= 0.3 is 5.97 Å². The standard InChI is InChI=1S/C10H20N2O2/c11-9(10(13)14)3-1-2-8-4-6-12-7-5-8/h8-9,12H,1-7,11H2,(H,13,14)/t9-/m1/s1. The Morgan fingerprint density at radius 2 is 2.14 bits per heavy atom. The summed E-state index contributed by atoms with van der Waals surface area (Å²) in [6, 6.07) is -0.670. The van der Waals surface area contributed by atoms with Crippen molar-refractivity contribution in [2.75, 3.05) is 13.1 Å². The van der Waals surface area contributed by atoms with E-state index in [9.17, 15) is 4.79 Å². The number of rotatable bonds is 5. The average Bonchev–Trinajstić information content (AvgIpc) is 2.19. The molecule has 0 aromatic carbocycles. The molecule has 1 aliphatic heterocycles. The summed E-state index contributed by atoms with van der Waals surface area (Å²) in [6.07, 6.45) is 5.13. The zero-order valence-electron chi connectivity index (χ0n) is 8.54. The smallest absolute Gasteiger partial charge is 0.320 e. The summed E-state index contributed by atoms with van der Waals surface area (Å²) in [4.78, 5) is 10.4. The largest absolute Gasteiger partial charge is 0.480 e. The average molecular weight is 200 g/mol. The molecule has 0 spiro atoms. The molecule has 1 aliphatic rings. The minimum atomic E-state index is -0.879. The minimum Gasteiger partial charge on any atom is -0.480 e. The predicted molar refractivity (Wildman–Crippen MR) is 55.1 cm³/mol. The van der Waals surface area contributed by atoms with Gasteiger partial charge in [0.15, 0.2) is 0 Å². The Morgan fingerprint density at radius 3 is 2.71 bits per heavy atom. The lowest BCUT2D eigenvalue weighted by Crippen LogP contribution is -2.31. The van der Waals surface area contributed by atoms with Crippen molar-refractivity contribution in [1.82, 2.24) is 5.32 Å². The van der Waals surface area contributed by atoms with Gasteiger partial charge < -0.3 is 16.2 Å². The molecule has 1 rings (SSSR count). The number of carboxylic acid groups (broad SMARTS) is 1. The lowest BCUT2D eigenvalue weighted by molar-refractivity contribution is -0.138. The van der Waals surface area contributed by atoms with Gasteiger partial charge in [0.05, 0.1) is 0 Å². The van der Waals surface area contributed by atoms with Gasteiger partial charge in [0.2, 0.25) is 0 Å². The summed E-state index contributed by atoms with van der Waals surface area (Å²) >= 11 is 0.